The minimum Gasteiger partial charge on any atom is -0.386 e. The van der Waals surface area contributed by atoms with Crippen LogP contribution in [0.4, 0.5) is 5.69 Å². The van der Waals surface area contributed by atoms with Gasteiger partial charge in [0.1, 0.15) is 29.3 Å². The molecule has 27 heavy (non-hydrogen) atoms. The first-order valence-corrected chi connectivity index (χ1v) is 8.31. The molecular formula is C19H20ClN5O2. The second-order valence-corrected chi connectivity index (χ2v) is 6.50. The number of benzene rings is 1. The van der Waals surface area contributed by atoms with Crippen molar-refractivity contribution in [3.63, 3.8) is 0 Å². The first-order chi connectivity index (χ1) is 12.5. The zero-order chi connectivity index (χ0) is 18.1. The summed E-state index contributed by atoms with van der Waals surface area (Å²) in [7, 11) is 0. The Morgan fingerprint density at radius 2 is 2.15 bits per heavy atom. The maximum atomic E-state index is 12.5. The monoisotopic (exact) mass is 385 g/mol. The van der Waals surface area contributed by atoms with Gasteiger partial charge in [-0.2, -0.15) is 0 Å². The largest absolute Gasteiger partial charge is 0.386 e. The standard InChI is InChI=1S/C19H19N5O2.ClH/c1-19(12-26-11-16(20)23-19)13-5-4-6-14(9-13)21-18(25)15-10-24-8-3-2-7-17(24)22-15;/h2-10H,11-12H2,1H3,(H2,20,23)(H,21,25);1H. The lowest BCUT2D eigenvalue weighted by Crippen LogP contribution is -2.37. The van der Waals surface area contributed by atoms with Crippen LogP contribution in [0.2, 0.25) is 0 Å². The molecule has 140 valence electrons. The molecule has 1 atom stereocenters. The van der Waals surface area contributed by atoms with Crippen molar-refractivity contribution in [1.29, 1.82) is 0 Å². The summed E-state index contributed by atoms with van der Waals surface area (Å²) in [5, 5.41) is 2.89. The number of pyridine rings is 1. The van der Waals surface area contributed by atoms with Gasteiger partial charge < -0.3 is 20.2 Å². The number of carbonyl (C=O) groups excluding carboxylic acids is 1. The van der Waals surface area contributed by atoms with Crippen LogP contribution < -0.4 is 11.1 Å². The van der Waals surface area contributed by atoms with E-state index in [1.807, 2.05) is 60.0 Å². The molecule has 3 aromatic rings. The molecule has 1 aromatic carbocycles. The molecular weight excluding hydrogens is 366 g/mol. The van der Waals surface area contributed by atoms with Crippen LogP contribution in [0.15, 0.2) is 59.9 Å². The van der Waals surface area contributed by atoms with E-state index >= 15 is 0 Å². The van der Waals surface area contributed by atoms with Gasteiger partial charge in [-0.1, -0.05) is 18.2 Å². The Kier molecular flexibility index (Phi) is 5.16. The second-order valence-electron chi connectivity index (χ2n) is 6.50. The number of ether oxygens (including phenoxy) is 1. The van der Waals surface area contributed by atoms with E-state index in [4.69, 9.17) is 10.5 Å². The summed E-state index contributed by atoms with van der Waals surface area (Å²) in [5.74, 6) is 0.205. The summed E-state index contributed by atoms with van der Waals surface area (Å²) < 4.78 is 7.33. The van der Waals surface area contributed by atoms with E-state index in [1.54, 1.807) is 6.20 Å². The second kappa shape index (κ2) is 7.38. The molecule has 1 amide bonds. The van der Waals surface area contributed by atoms with Crippen molar-refractivity contribution in [2.24, 2.45) is 10.7 Å². The maximum absolute atomic E-state index is 12.5. The van der Waals surface area contributed by atoms with Crippen molar-refractivity contribution in [3.05, 3.63) is 66.1 Å². The Morgan fingerprint density at radius 3 is 2.93 bits per heavy atom. The number of nitrogens with two attached hydrogens (primary N) is 1. The molecule has 7 nitrogen and oxygen atoms in total. The molecule has 3 heterocycles. The smallest absolute Gasteiger partial charge is 0.275 e. The van der Waals surface area contributed by atoms with E-state index < -0.39 is 5.54 Å². The fourth-order valence-corrected chi connectivity index (χ4v) is 3.05. The predicted molar refractivity (Wildman–Crippen MR) is 107 cm³/mol. The van der Waals surface area contributed by atoms with Gasteiger partial charge in [0, 0.05) is 18.1 Å². The number of fused-ring (bicyclic) bond motifs is 1. The molecule has 8 heteroatoms. The van der Waals surface area contributed by atoms with Crippen LogP contribution in [-0.4, -0.2) is 34.3 Å². The van der Waals surface area contributed by atoms with E-state index in [1.165, 1.54) is 0 Å². The number of hydrogen-bond acceptors (Lipinski definition) is 5. The van der Waals surface area contributed by atoms with Gasteiger partial charge in [0.05, 0.1) is 6.61 Å². The first-order valence-electron chi connectivity index (χ1n) is 8.31. The van der Waals surface area contributed by atoms with Gasteiger partial charge in [-0.25, -0.2) is 4.98 Å². The molecule has 2 aromatic heterocycles. The number of rotatable bonds is 3. The molecule has 1 aliphatic heterocycles. The van der Waals surface area contributed by atoms with E-state index in [0.29, 0.717) is 30.4 Å². The highest BCUT2D eigenvalue weighted by Crippen LogP contribution is 2.30. The summed E-state index contributed by atoms with van der Waals surface area (Å²) in [6.07, 6.45) is 3.56. The highest BCUT2D eigenvalue weighted by molar-refractivity contribution is 6.03. The van der Waals surface area contributed by atoms with Crippen LogP contribution in [0.5, 0.6) is 0 Å². The maximum Gasteiger partial charge on any atom is 0.275 e. The van der Waals surface area contributed by atoms with Crippen LogP contribution >= 0.6 is 12.4 Å². The number of nitrogens with one attached hydrogen (secondary N) is 1. The van der Waals surface area contributed by atoms with Crippen LogP contribution in [0.3, 0.4) is 0 Å². The molecule has 0 fully saturated rings. The van der Waals surface area contributed by atoms with Gasteiger partial charge in [-0.15, -0.1) is 12.4 Å². The zero-order valence-corrected chi connectivity index (χ0v) is 15.6. The summed E-state index contributed by atoms with van der Waals surface area (Å²) in [6.45, 7) is 2.75. The number of aliphatic imine (C=N–C) groups is 1. The average Bonchev–Trinajstić information content (AvgIpc) is 3.06. The molecule has 1 aliphatic rings. The van der Waals surface area contributed by atoms with Crippen LogP contribution in [-0.2, 0) is 10.3 Å². The normalized spacial score (nSPS) is 19.2. The topological polar surface area (TPSA) is 94.0 Å². The lowest BCUT2D eigenvalue weighted by atomic mass is 9.92. The van der Waals surface area contributed by atoms with E-state index in [9.17, 15) is 4.79 Å². The molecule has 3 N–H and O–H groups in total. The Balaban J connectivity index is 0.00000210. The summed E-state index contributed by atoms with van der Waals surface area (Å²) >= 11 is 0. The highest BCUT2D eigenvalue weighted by atomic mass is 35.5. The fraction of sp³-hybridized carbons (Fsp3) is 0.211. The molecule has 0 bridgehead atoms. The Labute approximate surface area is 162 Å². The third-order valence-electron chi connectivity index (χ3n) is 4.36. The molecule has 0 saturated carbocycles. The van der Waals surface area contributed by atoms with Crippen molar-refractivity contribution in [1.82, 2.24) is 9.38 Å². The summed E-state index contributed by atoms with van der Waals surface area (Å²) in [6, 6.07) is 13.2. The van der Waals surface area contributed by atoms with Gasteiger partial charge in [0.2, 0.25) is 0 Å². The van der Waals surface area contributed by atoms with Gasteiger partial charge >= 0.3 is 0 Å². The number of hydrogen-bond donors (Lipinski definition) is 2. The Bertz CT molecular complexity index is 983. The van der Waals surface area contributed by atoms with Gasteiger partial charge in [0.15, 0.2) is 0 Å². The van der Waals surface area contributed by atoms with Crippen molar-refractivity contribution >= 4 is 35.5 Å². The number of carbonyl (C=O) groups is 1. The molecule has 0 saturated heterocycles. The van der Waals surface area contributed by atoms with E-state index in [-0.39, 0.29) is 18.3 Å². The van der Waals surface area contributed by atoms with Crippen molar-refractivity contribution in [2.75, 3.05) is 18.5 Å². The van der Waals surface area contributed by atoms with Crippen molar-refractivity contribution in [3.8, 4) is 0 Å². The Hall–Kier alpha value is -2.90. The lowest BCUT2D eigenvalue weighted by molar-refractivity contribution is 0.102. The number of amidine groups is 1. The van der Waals surface area contributed by atoms with E-state index in [0.717, 1.165) is 11.2 Å². The minimum absolute atomic E-state index is 0. The zero-order valence-electron chi connectivity index (χ0n) is 14.8. The van der Waals surface area contributed by atoms with Crippen LogP contribution in [0.25, 0.3) is 5.65 Å². The summed E-state index contributed by atoms with van der Waals surface area (Å²) in [4.78, 5) is 21.4. The molecule has 0 aliphatic carbocycles. The third kappa shape index (κ3) is 3.79. The predicted octanol–water partition coefficient (Wildman–Crippen LogP) is 2.61. The number of halogens is 1. The number of imidazole rings is 1. The minimum atomic E-state index is -0.563. The number of amides is 1. The number of aromatic nitrogens is 2. The molecule has 1 unspecified atom stereocenters. The van der Waals surface area contributed by atoms with Crippen molar-refractivity contribution < 1.29 is 9.53 Å². The Morgan fingerprint density at radius 1 is 1.30 bits per heavy atom. The first kappa shape index (κ1) is 18.9. The fourth-order valence-electron chi connectivity index (χ4n) is 3.05. The average molecular weight is 386 g/mol. The molecule has 0 spiro atoms. The van der Waals surface area contributed by atoms with Crippen LogP contribution in [0.1, 0.15) is 23.0 Å². The highest BCUT2D eigenvalue weighted by Gasteiger charge is 2.30. The number of anilines is 1. The quantitative estimate of drug-likeness (QED) is 0.724. The van der Waals surface area contributed by atoms with Gasteiger partial charge in [-0.3, -0.25) is 9.79 Å². The van der Waals surface area contributed by atoms with Crippen molar-refractivity contribution in [2.45, 2.75) is 12.5 Å². The summed E-state index contributed by atoms with van der Waals surface area (Å²) in [5.41, 5.74) is 7.94. The lowest BCUT2D eigenvalue weighted by Gasteiger charge is -2.30. The van der Waals surface area contributed by atoms with E-state index in [2.05, 4.69) is 15.3 Å². The number of nitrogens with zero attached hydrogens (tertiary/aromatic N) is 3. The molecule has 4 rings (SSSR count). The SMILES string of the molecule is CC1(c2cccc(NC(=O)c3cn4ccccc4n3)c2)COCC(N)=N1.Cl. The molecule has 0 radical (unpaired) electrons. The van der Waals surface area contributed by atoms with Crippen LogP contribution in [0, 0.1) is 0 Å². The van der Waals surface area contributed by atoms with Gasteiger partial charge in [-0.05, 0) is 36.8 Å². The third-order valence-corrected chi connectivity index (χ3v) is 4.36. The van der Waals surface area contributed by atoms with Gasteiger partial charge in [0.25, 0.3) is 5.91 Å².